The van der Waals surface area contributed by atoms with Gasteiger partial charge in [-0.25, -0.2) is 8.42 Å². The number of hydrogen-bond donors (Lipinski definition) is 3. The van der Waals surface area contributed by atoms with Gasteiger partial charge in [-0.15, -0.1) is 0 Å². The molecule has 0 aliphatic carbocycles. The van der Waals surface area contributed by atoms with Crippen molar-refractivity contribution in [3.8, 4) is 0 Å². The fourth-order valence-corrected chi connectivity index (χ4v) is 3.16. The Morgan fingerprint density at radius 2 is 1.65 bits per heavy atom. The molecular formula is C17H30N2O3S. The molecule has 132 valence electrons. The molecule has 0 fully saturated rings. The average molecular weight is 343 g/mol. The molecule has 0 bridgehead atoms. The minimum Gasteiger partial charge on any atom is -0.392 e. The Morgan fingerprint density at radius 3 is 2.09 bits per heavy atom. The maximum Gasteiger partial charge on any atom is 0.229 e. The number of aliphatic hydroxyl groups excluding tert-OH is 1. The first kappa shape index (κ1) is 19.9. The van der Waals surface area contributed by atoms with Crippen molar-refractivity contribution in [2.75, 3.05) is 17.5 Å². The van der Waals surface area contributed by atoms with Gasteiger partial charge in [-0.3, -0.25) is 4.72 Å². The van der Waals surface area contributed by atoms with Gasteiger partial charge in [0.2, 0.25) is 10.0 Å². The molecule has 0 heterocycles. The Bertz CT molecular complexity index is 595. The van der Waals surface area contributed by atoms with Gasteiger partial charge in [-0.05, 0) is 30.5 Å². The molecule has 1 aromatic carbocycles. The monoisotopic (exact) mass is 342 g/mol. The molecule has 0 spiro atoms. The highest BCUT2D eigenvalue weighted by Crippen LogP contribution is 2.26. The summed E-state index contributed by atoms with van der Waals surface area (Å²) in [6, 6.07) is 7.42. The first-order chi connectivity index (χ1) is 10.4. The summed E-state index contributed by atoms with van der Waals surface area (Å²) in [6.07, 6.45) is 0.760. The van der Waals surface area contributed by atoms with Crippen LogP contribution in [0.2, 0.25) is 0 Å². The molecule has 0 saturated carbocycles. The predicted molar refractivity (Wildman–Crippen MR) is 96.0 cm³/mol. The molecule has 6 heteroatoms. The number of anilines is 1. The summed E-state index contributed by atoms with van der Waals surface area (Å²) in [5, 5.41) is 13.7. The van der Waals surface area contributed by atoms with Gasteiger partial charge in [-0.1, -0.05) is 39.8 Å². The standard InChI is InChI=1S/C17H30N2O3S/c1-12(2)16(20)17(4,5)11-18-13(3)14-7-9-15(10-8-14)19-23(6,21)22/h7-10,12-13,16,18-20H,11H2,1-6H3. The van der Waals surface area contributed by atoms with Gasteiger partial charge >= 0.3 is 0 Å². The average Bonchev–Trinajstić information content (AvgIpc) is 2.43. The van der Waals surface area contributed by atoms with Crippen molar-refractivity contribution >= 4 is 15.7 Å². The minimum absolute atomic E-state index is 0.112. The van der Waals surface area contributed by atoms with E-state index in [4.69, 9.17) is 0 Å². The molecule has 5 nitrogen and oxygen atoms in total. The van der Waals surface area contributed by atoms with Crippen molar-refractivity contribution in [2.45, 2.75) is 46.8 Å². The SMILES string of the molecule is CC(NCC(C)(C)C(O)C(C)C)c1ccc(NS(C)(=O)=O)cc1. The largest absolute Gasteiger partial charge is 0.392 e. The van der Waals surface area contributed by atoms with Crippen LogP contribution in [0.4, 0.5) is 5.69 Å². The van der Waals surface area contributed by atoms with Crippen LogP contribution in [0.15, 0.2) is 24.3 Å². The summed E-state index contributed by atoms with van der Waals surface area (Å²) < 4.78 is 24.9. The maximum absolute atomic E-state index is 11.2. The molecule has 2 unspecified atom stereocenters. The number of sulfonamides is 1. The number of benzene rings is 1. The van der Waals surface area contributed by atoms with Crippen LogP contribution in [0, 0.1) is 11.3 Å². The third-order valence-corrected chi connectivity index (χ3v) is 4.62. The minimum atomic E-state index is -3.25. The number of aliphatic hydroxyl groups is 1. The molecule has 2 atom stereocenters. The summed E-state index contributed by atoms with van der Waals surface area (Å²) in [5.41, 5.74) is 1.40. The van der Waals surface area contributed by atoms with Crippen LogP contribution in [0.1, 0.15) is 46.2 Å². The Kier molecular flexibility index (Phi) is 6.62. The van der Waals surface area contributed by atoms with E-state index in [2.05, 4.69) is 30.8 Å². The van der Waals surface area contributed by atoms with Gasteiger partial charge in [0.05, 0.1) is 12.4 Å². The normalized spacial score (nSPS) is 15.5. The van der Waals surface area contributed by atoms with Crippen LogP contribution in [0.3, 0.4) is 0 Å². The number of rotatable bonds is 8. The molecule has 0 amide bonds. The Morgan fingerprint density at radius 1 is 1.13 bits per heavy atom. The molecule has 1 aromatic rings. The zero-order chi connectivity index (χ0) is 17.8. The second kappa shape index (κ2) is 7.64. The molecule has 23 heavy (non-hydrogen) atoms. The van der Waals surface area contributed by atoms with Gasteiger partial charge in [-0.2, -0.15) is 0 Å². The van der Waals surface area contributed by atoms with Crippen molar-refractivity contribution in [1.82, 2.24) is 5.32 Å². The first-order valence-corrected chi connectivity index (χ1v) is 9.81. The lowest BCUT2D eigenvalue weighted by atomic mass is 9.80. The van der Waals surface area contributed by atoms with Crippen LogP contribution in [0.5, 0.6) is 0 Å². The molecule has 0 aliphatic rings. The van der Waals surface area contributed by atoms with Crippen molar-refractivity contribution in [2.24, 2.45) is 11.3 Å². The van der Waals surface area contributed by atoms with Crippen molar-refractivity contribution < 1.29 is 13.5 Å². The third-order valence-electron chi connectivity index (χ3n) is 4.01. The maximum atomic E-state index is 11.2. The molecular weight excluding hydrogens is 312 g/mol. The zero-order valence-electron chi connectivity index (χ0n) is 14.9. The van der Waals surface area contributed by atoms with E-state index in [1.165, 1.54) is 0 Å². The summed E-state index contributed by atoms with van der Waals surface area (Å²) >= 11 is 0. The van der Waals surface area contributed by atoms with E-state index in [1.54, 1.807) is 12.1 Å². The highest BCUT2D eigenvalue weighted by atomic mass is 32.2. The van der Waals surface area contributed by atoms with E-state index < -0.39 is 10.0 Å². The summed E-state index contributed by atoms with van der Waals surface area (Å²) in [4.78, 5) is 0. The first-order valence-electron chi connectivity index (χ1n) is 7.91. The Hall–Kier alpha value is -1.11. The van der Waals surface area contributed by atoms with Crippen molar-refractivity contribution in [3.63, 3.8) is 0 Å². The van der Waals surface area contributed by atoms with Crippen LogP contribution in [-0.2, 0) is 10.0 Å². The van der Waals surface area contributed by atoms with Crippen LogP contribution < -0.4 is 10.0 Å². The van der Waals surface area contributed by atoms with E-state index in [9.17, 15) is 13.5 Å². The second-order valence-electron chi connectivity index (χ2n) is 7.28. The molecule has 0 saturated heterocycles. The van der Waals surface area contributed by atoms with Gasteiger partial charge in [0, 0.05) is 23.7 Å². The quantitative estimate of drug-likeness (QED) is 0.679. The Balaban J connectivity index is 2.66. The summed E-state index contributed by atoms with van der Waals surface area (Å²) in [6.45, 7) is 10.9. The van der Waals surface area contributed by atoms with Gasteiger partial charge in [0.25, 0.3) is 0 Å². The zero-order valence-corrected chi connectivity index (χ0v) is 15.7. The van der Waals surface area contributed by atoms with E-state index in [0.29, 0.717) is 12.2 Å². The number of nitrogens with one attached hydrogen (secondary N) is 2. The Labute approximate surface area is 140 Å². The molecule has 0 aromatic heterocycles. The smallest absolute Gasteiger partial charge is 0.229 e. The molecule has 3 N–H and O–H groups in total. The van der Waals surface area contributed by atoms with Crippen molar-refractivity contribution in [1.29, 1.82) is 0 Å². The highest BCUT2D eigenvalue weighted by Gasteiger charge is 2.30. The second-order valence-corrected chi connectivity index (χ2v) is 9.02. The van der Waals surface area contributed by atoms with Gasteiger partial charge < -0.3 is 10.4 Å². The van der Waals surface area contributed by atoms with E-state index in [0.717, 1.165) is 11.8 Å². The number of hydrogen-bond acceptors (Lipinski definition) is 4. The lowest BCUT2D eigenvalue weighted by Crippen LogP contribution is -2.42. The fourth-order valence-electron chi connectivity index (χ4n) is 2.59. The van der Waals surface area contributed by atoms with E-state index >= 15 is 0 Å². The predicted octanol–water partition coefficient (Wildman–Crippen LogP) is 2.75. The van der Waals surface area contributed by atoms with Crippen LogP contribution >= 0.6 is 0 Å². The fraction of sp³-hybridized carbons (Fsp3) is 0.647. The lowest BCUT2D eigenvalue weighted by molar-refractivity contribution is 0.0124. The lowest BCUT2D eigenvalue weighted by Gasteiger charge is -2.34. The highest BCUT2D eigenvalue weighted by molar-refractivity contribution is 7.92. The van der Waals surface area contributed by atoms with E-state index in [1.807, 2.05) is 26.0 Å². The van der Waals surface area contributed by atoms with Crippen LogP contribution in [-0.4, -0.2) is 32.4 Å². The summed E-state index contributed by atoms with van der Waals surface area (Å²) in [5.74, 6) is 0.212. The third kappa shape index (κ3) is 6.49. The van der Waals surface area contributed by atoms with Crippen molar-refractivity contribution in [3.05, 3.63) is 29.8 Å². The summed E-state index contributed by atoms with van der Waals surface area (Å²) in [7, 11) is -3.25. The molecule has 0 aliphatic heterocycles. The van der Waals surface area contributed by atoms with E-state index in [-0.39, 0.29) is 23.5 Å². The molecule has 0 radical (unpaired) electrons. The molecule has 1 rings (SSSR count). The van der Waals surface area contributed by atoms with Gasteiger partial charge in [0.15, 0.2) is 0 Å². The van der Waals surface area contributed by atoms with Crippen LogP contribution in [0.25, 0.3) is 0 Å². The van der Waals surface area contributed by atoms with Gasteiger partial charge in [0.1, 0.15) is 0 Å². The topological polar surface area (TPSA) is 78.4 Å².